The van der Waals surface area contributed by atoms with Gasteiger partial charge in [0.2, 0.25) is 0 Å². The molecule has 0 saturated carbocycles. The van der Waals surface area contributed by atoms with Gasteiger partial charge in [0, 0.05) is 11.7 Å². The summed E-state index contributed by atoms with van der Waals surface area (Å²) >= 11 is 0. The van der Waals surface area contributed by atoms with Crippen LogP contribution in [0.2, 0.25) is 0 Å². The van der Waals surface area contributed by atoms with Gasteiger partial charge in [-0.3, -0.25) is 0 Å². The van der Waals surface area contributed by atoms with E-state index in [0.717, 1.165) is 6.42 Å². The molecule has 0 spiro atoms. The second kappa shape index (κ2) is 6.93. The molecule has 0 aliphatic carbocycles. The maximum absolute atomic E-state index is 11.8. The van der Waals surface area contributed by atoms with Gasteiger partial charge in [-0.1, -0.05) is 19.9 Å². The molecule has 0 radical (unpaired) electrons. The minimum Gasteiger partial charge on any atom is -0.478 e. The van der Waals surface area contributed by atoms with Crippen LogP contribution < -0.4 is 10.6 Å². The molecule has 5 heteroatoms. The second-order valence-corrected chi connectivity index (χ2v) is 5.46. The lowest BCUT2D eigenvalue weighted by Gasteiger charge is -2.16. The number of carboxylic acid groups (broad SMARTS) is 1. The second-order valence-electron chi connectivity index (χ2n) is 5.46. The minimum absolute atomic E-state index is 0.0689. The van der Waals surface area contributed by atoms with Gasteiger partial charge in [-0.2, -0.15) is 0 Å². The summed E-state index contributed by atoms with van der Waals surface area (Å²) in [6.07, 6.45) is 0.891. The molecule has 0 aromatic heterocycles. The maximum Gasteiger partial charge on any atom is 0.336 e. The van der Waals surface area contributed by atoms with Crippen LogP contribution in [0.3, 0.4) is 0 Å². The van der Waals surface area contributed by atoms with E-state index < -0.39 is 5.97 Å². The number of hydrogen-bond acceptors (Lipinski definition) is 2. The Morgan fingerprint density at radius 3 is 2.45 bits per heavy atom. The lowest BCUT2D eigenvalue weighted by Crippen LogP contribution is -2.36. The summed E-state index contributed by atoms with van der Waals surface area (Å²) in [5.41, 5.74) is 1.33. The largest absolute Gasteiger partial charge is 0.478 e. The van der Waals surface area contributed by atoms with Crippen LogP contribution in [0.4, 0.5) is 10.5 Å². The molecule has 1 unspecified atom stereocenters. The van der Waals surface area contributed by atoms with Gasteiger partial charge in [-0.25, -0.2) is 9.59 Å². The van der Waals surface area contributed by atoms with E-state index in [2.05, 4.69) is 24.5 Å². The van der Waals surface area contributed by atoms with E-state index in [9.17, 15) is 9.59 Å². The Kier molecular flexibility index (Phi) is 5.55. The summed E-state index contributed by atoms with van der Waals surface area (Å²) in [5, 5.41) is 14.5. The van der Waals surface area contributed by atoms with E-state index in [1.807, 2.05) is 6.92 Å². The smallest absolute Gasteiger partial charge is 0.336 e. The highest BCUT2D eigenvalue weighted by atomic mass is 16.4. The molecule has 5 nitrogen and oxygen atoms in total. The number of carboxylic acids is 1. The molecule has 0 saturated heterocycles. The first kappa shape index (κ1) is 16.0. The summed E-state index contributed by atoms with van der Waals surface area (Å²) in [4.78, 5) is 22.8. The van der Waals surface area contributed by atoms with E-state index in [-0.39, 0.29) is 17.6 Å². The highest BCUT2D eigenvalue weighted by molar-refractivity contribution is 5.94. The fraction of sp³-hybridized carbons (Fsp3) is 0.467. The van der Waals surface area contributed by atoms with Gasteiger partial charge in [0.1, 0.15) is 0 Å². The van der Waals surface area contributed by atoms with Crippen LogP contribution in [0.25, 0.3) is 0 Å². The SMILES string of the molecule is Cc1ccc(NC(=O)NC(C)CC(C)C)cc1C(=O)O. The van der Waals surface area contributed by atoms with Gasteiger partial charge < -0.3 is 15.7 Å². The normalized spacial score (nSPS) is 12.1. The Labute approximate surface area is 119 Å². The average Bonchev–Trinajstić information content (AvgIpc) is 2.29. The van der Waals surface area contributed by atoms with Gasteiger partial charge >= 0.3 is 12.0 Å². The molecule has 0 heterocycles. The molecule has 1 atom stereocenters. The average molecular weight is 278 g/mol. The van der Waals surface area contributed by atoms with E-state index in [1.165, 1.54) is 6.07 Å². The predicted octanol–water partition coefficient (Wildman–Crippen LogP) is 3.25. The van der Waals surface area contributed by atoms with Crippen molar-refractivity contribution in [3.8, 4) is 0 Å². The first-order valence-corrected chi connectivity index (χ1v) is 6.71. The summed E-state index contributed by atoms with van der Waals surface area (Å²) in [6, 6.07) is 4.58. The van der Waals surface area contributed by atoms with Gasteiger partial charge in [0.05, 0.1) is 5.56 Å². The van der Waals surface area contributed by atoms with Crippen molar-refractivity contribution < 1.29 is 14.7 Å². The van der Waals surface area contributed by atoms with E-state index in [1.54, 1.807) is 19.1 Å². The standard InChI is InChI=1S/C15H22N2O3/c1-9(2)7-11(4)16-15(20)17-12-6-5-10(3)13(8-12)14(18)19/h5-6,8-9,11H,7H2,1-4H3,(H,18,19)(H2,16,17,20). The molecule has 3 N–H and O–H groups in total. The summed E-state index contributed by atoms with van der Waals surface area (Å²) < 4.78 is 0. The molecule has 0 bridgehead atoms. The molecule has 0 aliphatic rings. The molecule has 1 rings (SSSR count). The Morgan fingerprint density at radius 1 is 1.25 bits per heavy atom. The van der Waals surface area contributed by atoms with E-state index in [0.29, 0.717) is 17.2 Å². The van der Waals surface area contributed by atoms with Crippen molar-refractivity contribution in [3.05, 3.63) is 29.3 Å². The highest BCUT2D eigenvalue weighted by Gasteiger charge is 2.11. The number of aromatic carboxylic acids is 1. The highest BCUT2D eigenvalue weighted by Crippen LogP contribution is 2.15. The quantitative estimate of drug-likeness (QED) is 0.773. The van der Waals surface area contributed by atoms with E-state index in [4.69, 9.17) is 5.11 Å². The maximum atomic E-state index is 11.8. The fourth-order valence-corrected chi connectivity index (χ4v) is 2.09. The van der Waals surface area contributed by atoms with Crippen LogP contribution in [-0.2, 0) is 0 Å². The van der Waals surface area contributed by atoms with Crippen molar-refractivity contribution in [3.63, 3.8) is 0 Å². The van der Waals surface area contributed by atoms with Crippen LogP contribution in [0, 0.1) is 12.8 Å². The third kappa shape index (κ3) is 4.91. The zero-order valence-electron chi connectivity index (χ0n) is 12.4. The first-order chi connectivity index (χ1) is 9.29. The zero-order chi connectivity index (χ0) is 15.3. The number of aryl methyl sites for hydroxylation is 1. The number of rotatable bonds is 5. The molecule has 0 aliphatic heterocycles. The van der Waals surface area contributed by atoms with Crippen LogP contribution in [-0.4, -0.2) is 23.1 Å². The molecular weight excluding hydrogens is 256 g/mol. The van der Waals surface area contributed by atoms with Gasteiger partial charge in [-0.05, 0) is 43.9 Å². The Balaban J connectivity index is 2.67. The van der Waals surface area contributed by atoms with Crippen molar-refractivity contribution in [2.45, 2.75) is 40.2 Å². The lowest BCUT2D eigenvalue weighted by atomic mass is 10.1. The van der Waals surface area contributed by atoms with Crippen LogP contribution in [0.15, 0.2) is 18.2 Å². The Hall–Kier alpha value is -2.04. The number of benzene rings is 1. The molecule has 110 valence electrons. The molecular formula is C15H22N2O3. The number of nitrogens with one attached hydrogen (secondary N) is 2. The summed E-state index contributed by atoms with van der Waals surface area (Å²) in [7, 11) is 0. The molecule has 1 aromatic rings. The van der Waals surface area contributed by atoms with Gasteiger partial charge in [-0.15, -0.1) is 0 Å². The minimum atomic E-state index is -1.00. The number of hydrogen-bond donors (Lipinski definition) is 3. The number of urea groups is 1. The zero-order valence-corrected chi connectivity index (χ0v) is 12.4. The number of carbonyl (C=O) groups excluding carboxylic acids is 1. The number of amides is 2. The van der Waals surface area contributed by atoms with Crippen LogP contribution in [0.5, 0.6) is 0 Å². The van der Waals surface area contributed by atoms with Crippen molar-refractivity contribution in [2.75, 3.05) is 5.32 Å². The monoisotopic (exact) mass is 278 g/mol. The van der Waals surface area contributed by atoms with Crippen molar-refractivity contribution in [2.24, 2.45) is 5.92 Å². The first-order valence-electron chi connectivity index (χ1n) is 6.71. The van der Waals surface area contributed by atoms with Crippen molar-refractivity contribution in [1.29, 1.82) is 0 Å². The predicted molar refractivity (Wildman–Crippen MR) is 79.2 cm³/mol. The topological polar surface area (TPSA) is 78.4 Å². The number of anilines is 1. The Bertz CT molecular complexity index is 498. The van der Waals surface area contributed by atoms with Crippen LogP contribution >= 0.6 is 0 Å². The molecule has 0 fully saturated rings. The lowest BCUT2D eigenvalue weighted by molar-refractivity contribution is 0.0696. The van der Waals surface area contributed by atoms with Crippen LogP contribution in [0.1, 0.15) is 43.1 Å². The molecule has 1 aromatic carbocycles. The fourth-order valence-electron chi connectivity index (χ4n) is 2.09. The third-order valence-electron chi connectivity index (χ3n) is 2.93. The van der Waals surface area contributed by atoms with E-state index >= 15 is 0 Å². The third-order valence-corrected chi connectivity index (χ3v) is 2.93. The van der Waals surface area contributed by atoms with Crippen molar-refractivity contribution >= 4 is 17.7 Å². The molecule has 20 heavy (non-hydrogen) atoms. The van der Waals surface area contributed by atoms with Gasteiger partial charge in [0.15, 0.2) is 0 Å². The van der Waals surface area contributed by atoms with Gasteiger partial charge in [0.25, 0.3) is 0 Å². The molecule has 2 amide bonds. The number of carbonyl (C=O) groups is 2. The Morgan fingerprint density at radius 2 is 1.90 bits per heavy atom. The van der Waals surface area contributed by atoms with Crippen molar-refractivity contribution in [1.82, 2.24) is 5.32 Å². The summed E-state index contributed by atoms with van der Waals surface area (Å²) in [6.45, 7) is 7.85. The summed E-state index contributed by atoms with van der Waals surface area (Å²) in [5.74, 6) is -0.497.